The molecule has 1 aliphatic carbocycles. The Labute approximate surface area is 320 Å². The van der Waals surface area contributed by atoms with Crippen molar-refractivity contribution < 1.29 is 28.7 Å². The molecule has 4 amide bonds. The van der Waals surface area contributed by atoms with Gasteiger partial charge in [0.2, 0.25) is 17.7 Å². The Morgan fingerprint density at radius 3 is 2.28 bits per heavy atom. The van der Waals surface area contributed by atoms with Crippen LogP contribution in [0.2, 0.25) is 25.7 Å². The second kappa shape index (κ2) is 15.6. The summed E-state index contributed by atoms with van der Waals surface area (Å²) in [5.41, 5.74) is 1.95. The second-order valence-electron chi connectivity index (χ2n) is 17.8. The van der Waals surface area contributed by atoms with Gasteiger partial charge in [-0.15, -0.1) is 0 Å². The van der Waals surface area contributed by atoms with Gasteiger partial charge in [0.15, 0.2) is 0 Å². The number of amides is 4. The molecular weight excluding hydrogens is 701 g/mol. The minimum atomic E-state index is -1.29. The number of rotatable bonds is 12. The number of anilines is 2. The van der Waals surface area contributed by atoms with Crippen LogP contribution >= 0.6 is 0 Å². The highest BCUT2D eigenvalue weighted by Gasteiger charge is 2.55. The number of nitrogens with one attached hydrogen (secondary N) is 1. The van der Waals surface area contributed by atoms with E-state index in [2.05, 4.69) is 29.9 Å². The molecule has 1 aliphatic heterocycles. The molecule has 3 aromatic rings. The third kappa shape index (κ3) is 9.54. The molecule has 5 rings (SSSR count). The van der Waals surface area contributed by atoms with Gasteiger partial charge in [0, 0.05) is 64.1 Å². The van der Waals surface area contributed by atoms with E-state index in [1.54, 1.807) is 24.2 Å². The van der Waals surface area contributed by atoms with E-state index in [1.807, 2.05) is 84.0 Å². The molecule has 0 fully saturated rings. The number of pyridine rings is 2. The highest BCUT2D eigenvalue weighted by molar-refractivity contribution is 6.76. The maximum absolute atomic E-state index is 14.2. The summed E-state index contributed by atoms with van der Waals surface area (Å²) in [5.74, 6) is 0.323. The molecule has 1 aromatic carbocycles. The summed E-state index contributed by atoms with van der Waals surface area (Å²) in [4.78, 5) is 68.3. The van der Waals surface area contributed by atoms with Gasteiger partial charge in [-0.25, -0.2) is 14.8 Å². The predicted molar refractivity (Wildman–Crippen MR) is 212 cm³/mol. The van der Waals surface area contributed by atoms with Crippen LogP contribution in [0.15, 0.2) is 54.7 Å². The second-order valence-corrected chi connectivity index (χ2v) is 23.4. The summed E-state index contributed by atoms with van der Waals surface area (Å²) in [5, 5.41) is 2.90. The fourth-order valence-electron chi connectivity index (χ4n) is 6.80. The van der Waals surface area contributed by atoms with Crippen molar-refractivity contribution in [2.24, 2.45) is 5.41 Å². The van der Waals surface area contributed by atoms with E-state index in [1.165, 1.54) is 9.80 Å². The zero-order chi connectivity index (χ0) is 39.6. The van der Waals surface area contributed by atoms with Crippen LogP contribution in [0.5, 0.6) is 0 Å². The van der Waals surface area contributed by atoms with E-state index in [-0.39, 0.29) is 38.2 Å². The average molecular weight is 757 g/mol. The fraction of sp³-hybridized carbons (Fsp3) is 0.512. The Morgan fingerprint density at radius 1 is 0.944 bits per heavy atom. The van der Waals surface area contributed by atoms with Crippen LogP contribution in [0.25, 0.3) is 0 Å². The molecule has 0 saturated carbocycles. The molecule has 1 unspecified atom stereocenters. The van der Waals surface area contributed by atoms with E-state index in [9.17, 15) is 19.2 Å². The Morgan fingerprint density at radius 2 is 1.63 bits per heavy atom. The van der Waals surface area contributed by atoms with Gasteiger partial charge in [-0.2, -0.15) is 0 Å². The molecule has 0 bridgehead atoms. The van der Waals surface area contributed by atoms with Crippen molar-refractivity contribution in [2.45, 2.75) is 104 Å². The quantitative estimate of drug-likeness (QED) is 0.163. The first-order valence-electron chi connectivity index (χ1n) is 18.6. The predicted octanol–water partition coefficient (Wildman–Crippen LogP) is 6.55. The molecule has 2 aromatic heterocycles. The van der Waals surface area contributed by atoms with Crippen LogP contribution in [-0.4, -0.2) is 84.2 Å². The molecule has 0 saturated heterocycles. The molecule has 13 heteroatoms. The molecule has 12 nitrogen and oxygen atoms in total. The number of benzene rings is 1. The summed E-state index contributed by atoms with van der Waals surface area (Å²) in [6, 6.07) is 16.0. The highest BCUT2D eigenvalue weighted by Crippen LogP contribution is 2.48. The molecule has 0 radical (unpaired) electrons. The van der Waals surface area contributed by atoms with E-state index < -0.39 is 36.5 Å². The van der Waals surface area contributed by atoms with Crippen LogP contribution in [-0.2, 0) is 55.2 Å². The van der Waals surface area contributed by atoms with Gasteiger partial charge in [-0.1, -0.05) is 76.8 Å². The first-order chi connectivity index (χ1) is 25.2. The molecule has 3 heterocycles. The average Bonchev–Trinajstić information content (AvgIpc) is 3.56. The minimum Gasteiger partial charge on any atom is -0.444 e. The van der Waals surface area contributed by atoms with Crippen molar-refractivity contribution in [3.8, 4) is 0 Å². The van der Waals surface area contributed by atoms with Crippen LogP contribution in [0.4, 0.5) is 16.4 Å². The number of hydrogen-bond acceptors (Lipinski definition) is 8. The van der Waals surface area contributed by atoms with Crippen molar-refractivity contribution in [1.82, 2.24) is 19.8 Å². The van der Waals surface area contributed by atoms with Crippen LogP contribution in [0, 0.1) is 5.41 Å². The van der Waals surface area contributed by atoms with Gasteiger partial charge in [0.05, 0.1) is 5.41 Å². The first kappa shape index (κ1) is 40.6. The van der Waals surface area contributed by atoms with E-state index >= 15 is 0 Å². The zero-order valence-corrected chi connectivity index (χ0v) is 34.5. The normalized spacial score (nSPS) is 16.6. The smallest absolute Gasteiger partial charge is 0.410 e. The number of nitrogens with zero attached hydrogens (tertiary/aromatic N) is 5. The largest absolute Gasteiger partial charge is 0.444 e. The molecule has 1 spiro atoms. The SMILES string of the molecule is CN(Cc1ccccc1CN(CC(=O)Nc1ccc2c(n1)CC1(C2)C(=O)N(COCC[Si](C)(C)C)c2ncccc21)C(=O)C(C)(C)C)C(=O)OC(C)(C)C. The van der Waals surface area contributed by atoms with Crippen LogP contribution < -0.4 is 10.2 Å². The summed E-state index contributed by atoms with van der Waals surface area (Å²) in [6.07, 6.45) is 2.09. The van der Waals surface area contributed by atoms with Crippen molar-refractivity contribution in [3.63, 3.8) is 0 Å². The lowest BCUT2D eigenvalue weighted by Crippen LogP contribution is -2.43. The topological polar surface area (TPSA) is 134 Å². The lowest BCUT2D eigenvalue weighted by atomic mass is 9.80. The number of aromatic nitrogens is 2. The summed E-state index contributed by atoms with van der Waals surface area (Å²) in [6.45, 7) is 18.7. The van der Waals surface area contributed by atoms with Gasteiger partial charge >= 0.3 is 6.09 Å². The van der Waals surface area contributed by atoms with Crippen molar-refractivity contribution in [3.05, 3.63) is 82.7 Å². The van der Waals surface area contributed by atoms with E-state index in [4.69, 9.17) is 14.5 Å². The Kier molecular flexibility index (Phi) is 11.7. The van der Waals surface area contributed by atoms with E-state index in [0.29, 0.717) is 31.1 Å². The summed E-state index contributed by atoms with van der Waals surface area (Å²) < 4.78 is 11.5. The maximum atomic E-state index is 14.2. The number of carbonyl (C=O) groups excluding carboxylic acids is 4. The fourth-order valence-corrected chi connectivity index (χ4v) is 7.56. The third-order valence-electron chi connectivity index (χ3n) is 9.58. The zero-order valence-electron chi connectivity index (χ0n) is 33.5. The Bertz CT molecular complexity index is 1900. The van der Waals surface area contributed by atoms with Gasteiger partial charge in [-0.05, 0) is 62.1 Å². The summed E-state index contributed by atoms with van der Waals surface area (Å²) in [7, 11) is 0.376. The van der Waals surface area contributed by atoms with Gasteiger partial charge in [0.1, 0.15) is 30.5 Å². The highest BCUT2D eigenvalue weighted by atomic mass is 28.3. The number of carbonyl (C=O) groups is 4. The molecule has 1 atom stereocenters. The molecule has 1 N–H and O–H groups in total. The minimum absolute atomic E-state index is 0.0540. The molecule has 54 heavy (non-hydrogen) atoms. The summed E-state index contributed by atoms with van der Waals surface area (Å²) >= 11 is 0. The third-order valence-corrected chi connectivity index (χ3v) is 11.3. The number of hydrogen-bond donors (Lipinski definition) is 1. The standard InChI is InChI=1S/C41H56N6O6Si/c1-39(2,3)36(49)46(25-30-15-12-11-14-29(30)24-45(7)38(51)53-40(4,5)6)26-34(48)44-33-18-17-28-22-41(23-32(28)43-33)31-16-13-19-42-35(31)47(37(41)50)27-52-20-21-54(8,9)10/h11-19H,20-27H2,1-10H3,(H,43,44,48). The number of ether oxygens (including phenoxy) is 2. The van der Waals surface area contributed by atoms with Gasteiger partial charge in [0.25, 0.3) is 0 Å². The van der Waals surface area contributed by atoms with Crippen molar-refractivity contribution >= 4 is 43.5 Å². The molecular formula is C41H56N6O6Si. The first-order valence-corrected chi connectivity index (χ1v) is 22.3. The monoisotopic (exact) mass is 756 g/mol. The Balaban J connectivity index is 1.29. The Hall–Kier alpha value is -4.62. The lowest BCUT2D eigenvalue weighted by molar-refractivity contribution is -0.142. The van der Waals surface area contributed by atoms with E-state index in [0.717, 1.165) is 34.0 Å². The maximum Gasteiger partial charge on any atom is 0.410 e. The molecule has 290 valence electrons. The van der Waals surface area contributed by atoms with Crippen LogP contribution in [0.1, 0.15) is 69.5 Å². The molecule has 2 aliphatic rings. The lowest BCUT2D eigenvalue weighted by Gasteiger charge is -2.30. The van der Waals surface area contributed by atoms with Crippen molar-refractivity contribution in [1.29, 1.82) is 0 Å². The number of fused-ring (bicyclic) bond motifs is 3. The van der Waals surface area contributed by atoms with Crippen molar-refractivity contribution in [2.75, 3.05) is 37.1 Å². The van der Waals surface area contributed by atoms with Crippen LogP contribution in [0.3, 0.4) is 0 Å². The van der Waals surface area contributed by atoms with Gasteiger partial charge < -0.3 is 24.6 Å². The van der Waals surface area contributed by atoms with Gasteiger partial charge in [-0.3, -0.25) is 19.3 Å².